The van der Waals surface area contributed by atoms with Crippen molar-refractivity contribution in [2.75, 3.05) is 26.2 Å². The molecule has 7 heteroatoms. The summed E-state index contributed by atoms with van der Waals surface area (Å²) in [6.07, 6.45) is -4.28. The van der Waals surface area contributed by atoms with Crippen molar-refractivity contribution in [1.29, 1.82) is 0 Å². The van der Waals surface area contributed by atoms with Gasteiger partial charge in [-0.05, 0) is 16.3 Å². The highest BCUT2D eigenvalue weighted by Gasteiger charge is 2.45. The van der Waals surface area contributed by atoms with E-state index < -0.39 is 12.2 Å². The Labute approximate surface area is 145 Å². The second-order valence-corrected chi connectivity index (χ2v) is 5.30. The quantitative estimate of drug-likeness (QED) is 0.856. The van der Waals surface area contributed by atoms with E-state index >= 15 is 0 Å². The van der Waals surface area contributed by atoms with E-state index in [-0.39, 0.29) is 24.8 Å². The Kier molecular flexibility index (Phi) is 7.14. The summed E-state index contributed by atoms with van der Waals surface area (Å²) in [5.41, 5.74) is 0.350. The molecule has 2 aromatic rings. The second-order valence-electron chi connectivity index (χ2n) is 5.30. The normalized spacial score (nSPS) is 17.2. The van der Waals surface area contributed by atoms with Gasteiger partial charge in [0.15, 0.2) is 0 Å². The van der Waals surface area contributed by atoms with E-state index in [1.54, 1.807) is 24.3 Å². The van der Waals surface area contributed by atoms with Gasteiger partial charge in [0.05, 0.1) is 0 Å². The minimum absolute atomic E-state index is 0. The van der Waals surface area contributed by atoms with Crippen molar-refractivity contribution in [1.82, 2.24) is 10.2 Å². The van der Waals surface area contributed by atoms with Crippen LogP contribution in [-0.2, 0) is 0 Å². The monoisotopic (exact) mass is 366 g/mol. The van der Waals surface area contributed by atoms with Gasteiger partial charge in [-0.2, -0.15) is 13.2 Å². The van der Waals surface area contributed by atoms with Gasteiger partial charge >= 0.3 is 6.18 Å². The molecule has 0 radical (unpaired) electrons. The molecule has 1 heterocycles. The molecule has 0 saturated carbocycles. The molecule has 2 nitrogen and oxygen atoms in total. The Bertz CT molecular complexity index is 623. The number of hydrogen-bond acceptors (Lipinski definition) is 2. The highest BCUT2D eigenvalue weighted by molar-refractivity contribution is 5.86. The average molecular weight is 367 g/mol. The Hall–Kier alpha value is -1.01. The summed E-state index contributed by atoms with van der Waals surface area (Å²) in [6, 6.07) is 10.9. The molecule has 0 aromatic heterocycles. The van der Waals surface area contributed by atoms with Crippen LogP contribution in [0, 0.1) is 0 Å². The lowest BCUT2D eigenvalue weighted by atomic mass is 9.97. The van der Waals surface area contributed by atoms with Crippen molar-refractivity contribution in [3.05, 3.63) is 48.0 Å². The van der Waals surface area contributed by atoms with Gasteiger partial charge < -0.3 is 5.32 Å². The first-order valence-corrected chi connectivity index (χ1v) is 7.06. The Balaban J connectivity index is 0.00000132. The summed E-state index contributed by atoms with van der Waals surface area (Å²) < 4.78 is 41.0. The molecule has 1 fully saturated rings. The van der Waals surface area contributed by atoms with Crippen molar-refractivity contribution < 1.29 is 13.2 Å². The standard InChI is InChI=1S/C16H17F3N2.2ClH/c17-16(18,19)15(21-10-8-20-9-11-21)14-7-3-5-12-4-1-2-6-13(12)14;;/h1-7,15,20H,8-11H2;2*1H/t15-;;/m0../s1. The molecule has 0 bridgehead atoms. The van der Waals surface area contributed by atoms with Crippen LogP contribution in [-0.4, -0.2) is 37.3 Å². The topological polar surface area (TPSA) is 15.3 Å². The Morgan fingerprint density at radius 2 is 1.52 bits per heavy atom. The number of rotatable bonds is 2. The number of nitrogens with one attached hydrogen (secondary N) is 1. The number of benzene rings is 2. The SMILES string of the molecule is Cl.Cl.FC(F)(F)[C@H](c1cccc2ccccc12)N1CCNCC1. The van der Waals surface area contributed by atoms with Crippen molar-refractivity contribution in [3.63, 3.8) is 0 Å². The van der Waals surface area contributed by atoms with E-state index in [2.05, 4.69) is 5.32 Å². The van der Waals surface area contributed by atoms with E-state index in [9.17, 15) is 13.2 Å². The van der Waals surface area contributed by atoms with E-state index in [1.165, 1.54) is 4.90 Å². The van der Waals surface area contributed by atoms with E-state index in [1.807, 2.05) is 18.2 Å². The fourth-order valence-electron chi connectivity index (χ4n) is 3.01. The number of halogens is 5. The number of alkyl halides is 3. The van der Waals surface area contributed by atoms with Crippen LogP contribution in [0.4, 0.5) is 13.2 Å². The van der Waals surface area contributed by atoms with Crippen molar-refractivity contribution >= 4 is 35.6 Å². The van der Waals surface area contributed by atoms with Crippen LogP contribution in [0.2, 0.25) is 0 Å². The lowest BCUT2D eigenvalue weighted by molar-refractivity contribution is -0.187. The first-order valence-electron chi connectivity index (χ1n) is 7.06. The molecule has 0 aliphatic carbocycles. The van der Waals surface area contributed by atoms with Gasteiger partial charge in [-0.25, -0.2) is 0 Å². The minimum atomic E-state index is -4.28. The predicted molar refractivity (Wildman–Crippen MR) is 91.7 cm³/mol. The first kappa shape index (κ1) is 20.0. The van der Waals surface area contributed by atoms with E-state index in [4.69, 9.17) is 0 Å². The maximum absolute atomic E-state index is 13.7. The zero-order valence-corrected chi connectivity index (χ0v) is 14.0. The number of nitrogens with zero attached hydrogens (tertiary/aromatic N) is 1. The molecular formula is C16H19Cl2F3N2. The van der Waals surface area contributed by atoms with Crippen LogP contribution in [0.1, 0.15) is 11.6 Å². The highest BCUT2D eigenvalue weighted by Crippen LogP contribution is 2.40. The summed E-state index contributed by atoms with van der Waals surface area (Å²) in [5, 5.41) is 4.63. The fourth-order valence-corrected chi connectivity index (χ4v) is 3.01. The van der Waals surface area contributed by atoms with Crippen LogP contribution >= 0.6 is 24.8 Å². The first-order chi connectivity index (χ1) is 10.1. The largest absolute Gasteiger partial charge is 0.408 e. The fraction of sp³-hybridized carbons (Fsp3) is 0.375. The molecule has 3 rings (SSSR count). The molecule has 1 aliphatic heterocycles. The maximum atomic E-state index is 13.7. The zero-order chi connectivity index (χ0) is 14.9. The second kappa shape index (κ2) is 8.20. The van der Waals surface area contributed by atoms with Gasteiger partial charge in [0.25, 0.3) is 0 Å². The van der Waals surface area contributed by atoms with Gasteiger partial charge in [0.1, 0.15) is 6.04 Å². The molecule has 128 valence electrons. The van der Waals surface area contributed by atoms with Gasteiger partial charge in [-0.15, -0.1) is 24.8 Å². The lowest BCUT2D eigenvalue weighted by Crippen LogP contribution is -2.49. The van der Waals surface area contributed by atoms with Crippen LogP contribution in [0.5, 0.6) is 0 Å². The molecule has 1 atom stereocenters. The summed E-state index contributed by atoms with van der Waals surface area (Å²) >= 11 is 0. The predicted octanol–water partition coefficient (Wildman–Crippen LogP) is 4.19. The summed E-state index contributed by atoms with van der Waals surface area (Å²) in [5.74, 6) is 0. The van der Waals surface area contributed by atoms with Crippen LogP contribution in [0.25, 0.3) is 10.8 Å². The molecule has 0 spiro atoms. The van der Waals surface area contributed by atoms with Gasteiger partial charge in [-0.1, -0.05) is 42.5 Å². The Morgan fingerprint density at radius 1 is 0.913 bits per heavy atom. The molecular weight excluding hydrogens is 348 g/mol. The van der Waals surface area contributed by atoms with Crippen LogP contribution in [0.15, 0.2) is 42.5 Å². The smallest absolute Gasteiger partial charge is 0.314 e. The van der Waals surface area contributed by atoms with Gasteiger partial charge in [-0.3, -0.25) is 4.90 Å². The van der Waals surface area contributed by atoms with Gasteiger partial charge in [0.2, 0.25) is 0 Å². The third-order valence-corrected chi connectivity index (χ3v) is 3.94. The molecule has 1 N–H and O–H groups in total. The van der Waals surface area contributed by atoms with Crippen LogP contribution in [0.3, 0.4) is 0 Å². The summed E-state index contributed by atoms with van der Waals surface area (Å²) in [7, 11) is 0. The summed E-state index contributed by atoms with van der Waals surface area (Å²) in [4.78, 5) is 1.53. The molecule has 2 aromatic carbocycles. The number of hydrogen-bond donors (Lipinski definition) is 1. The third-order valence-electron chi connectivity index (χ3n) is 3.94. The Morgan fingerprint density at radius 3 is 2.17 bits per heavy atom. The minimum Gasteiger partial charge on any atom is -0.314 e. The number of piperazine rings is 1. The molecule has 1 aliphatic rings. The molecule has 0 unspecified atom stereocenters. The lowest BCUT2D eigenvalue weighted by Gasteiger charge is -2.36. The zero-order valence-electron chi connectivity index (χ0n) is 12.3. The molecule has 23 heavy (non-hydrogen) atoms. The van der Waals surface area contributed by atoms with Crippen LogP contribution < -0.4 is 5.32 Å². The van der Waals surface area contributed by atoms with Crippen molar-refractivity contribution in [3.8, 4) is 0 Å². The average Bonchev–Trinajstić information content (AvgIpc) is 2.47. The highest BCUT2D eigenvalue weighted by atomic mass is 35.5. The summed E-state index contributed by atoms with van der Waals surface area (Å²) in [6.45, 7) is 2.01. The third kappa shape index (κ3) is 4.29. The van der Waals surface area contributed by atoms with Crippen molar-refractivity contribution in [2.45, 2.75) is 12.2 Å². The number of fused-ring (bicyclic) bond motifs is 1. The van der Waals surface area contributed by atoms with E-state index in [0.29, 0.717) is 37.1 Å². The van der Waals surface area contributed by atoms with Gasteiger partial charge in [0, 0.05) is 26.2 Å². The van der Waals surface area contributed by atoms with Crippen molar-refractivity contribution in [2.24, 2.45) is 0 Å². The van der Waals surface area contributed by atoms with E-state index in [0.717, 1.165) is 5.39 Å². The maximum Gasteiger partial charge on any atom is 0.408 e. The molecule has 0 amide bonds. The molecule has 1 saturated heterocycles.